The van der Waals surface area contributed by atoms with E-state index in [1.54, 1.807) is 18.2 Å². The molecule has 5 N–H and O–H groups in total. The van der Waals surface area contributed by atoms with Gasteiger partial charge in [0.2, 0.25) is 0 Å². The fourth-order valence-electron chi connectivity index (χ4n) is 2.56. The first-order chi connectivity index (χ1) is 13.7. The van der Waals surface area contributed by atoms with Crippen LogP contribution in [-0.2, 0) is 39.1 Å². The van der Waals surface area contributed by atoms with Gasteiger partial charge in [0.25, 0.3) is 0 Å². The van der Waals surface area contributed by atoms with Crippen molar-refractivity contribution in [1.82, 2.24) is 0 Å². The van der Waals surface area contributed by atoms with Gasteiger partial charge in [-0.25, -0.2) is 4.57 Å². The highest BCUT2D eigenvalue weighted by Gasteiger charge is 2.37. The average Bonchev–Trinajstić information content (AvgIpc) is 2.67. The molecule has 12 heteroatoms. The minimum absolute atomic E-state index is 0.0262. The van der Waals surface area contributed by atoms with Crippen LogP contribution in [0.15, 0.2) is 24.3 Å². The summed E-state index contributed by atoms with van der Waals surface area (Å²) in [5.74, 6) is -1.92. The van der Waals surface area contributed by atoms with Gasteiger partial charge >= 0.3 is 19.8 Å². The van der Waals surface area contributed by atoms with Crippen LogP contribution >= 0.6 is 7.82 Å². The fourth-order valence-corrected chi connectivity index (χ4v) is 3.55. The lowest BCUT2D eigenvalue weighted by Crippen LogP contribution is -2.42. The summed E-state index contributed by atoms with van der Waals surface area (Å²) in [5, 5.41) is 18.4. The van der Waals surface area contributed by atoms with Crippen LogP contribution in [0.5, 0.6) is 5.75 Å². The van der Waals surface area contributed by atoms with E-state index in [0.29, 0.717) is 5.56 Å². The molecular formula is C17H24NO10P. The maximum atomic E-state index is 12.1. The Hall–Kier alpha value is -2.01. The van der Waals surface area contributed by atoms with Gasteiger partial charge in [0.15, 0.2) is 6.10 Å². The number of para-hydroxylation sites is 1. The van der Waals surface area contributed by atoms with Crippen LogP contribution < -0.4 is 5.73 Å². The number of hydrogen-bond acceptors (Lipinski definition) is 9. The summed E-state index contributed by atoms with van der Waals surface area (Å²) in [6.45, 7) is -0.551. The molecule has 1 aliphatic heterocycles. The lowest BCUT2D eigenvalue weighted by Gasteiger charge is -2.31. The predicted octanol–water partition coefficient (Wildman–Crippen LogP) is 0.571. The molecule has 1 fully saturated rings. The highest BCUT2D eigenvalue weighted by atomic mass is 31.2. The van der Waals surface area contributed by atoms with E-state index >= 15 is 0 Å². The second-order valence-corrected chi connectivity index (χ2v) is 7.78. The lowest BCUT2D eigenvalue weighted by molar-refractivity contribution is -0.166. The van der Waals surface area contributed by atoms with Gasteiger partial charge in [-0.1, -0.05) is 18.2 Å². The highest BCUT2D eigenvalue weighted by Crippen LogP contribution is 2.46. The number of rotatable bonds is 10. The van der Waals surface area contributed by atoms with Gasteiger partial charge in [-0.05, 0) is 18.1 Å². The topological polar surface area (TPSA) is 175 Å². The van der Waals surface area contributed by atoms with Gasteiger partial charge in [-0.2, -0.15) is 0 Å². The zero-order valence-electron chi connectivity index (χ0n) is 15.5. The number of carbonyl (C=O) groups is 2. The van der Waals surface area contributed by atoms with Crippen LogP contribution in [0.2, 0.25) is 0 Å². The summed E-state index contributed by atoms with van der Waals surface area (Å²) in [6, 6.07) is 5.09. The van der Waals surface area contributed by atoms with E-state index in [4.69, 9.17) is 24.8 Å². The minimum atomic E-state index is -4.63. The van der Waals surface area contributed by atoms with Crippen LogP contribution in [0.4, 0.5) is 0 Å². The number of phosphoric ester groups is 1. The number of carboxylic acids is 1. The molecule has 1 aromatic carbocycles. The average molecular weight is 433 g/mol. The van der Waals surface area contributed by atoms with E-state index < -0.39 is 44.6 Å². The molecule has 2 rings (SSSR count). The van der Waals surface area contributed by atoms with Crippen molar-refractivity contribution in [2.24, 2.45) is 5.73 Å². The van der Waals surface area contributed by atoms with Crippen LogP contribution in [-0.4, -0.2) is 65.1 Å². The second kappa shape index (κ2) is 10.7. The number of esters is 1. The zero-order chi connectivity index (χ0) is 21.4. The molecule has 0 bridgehead atoms. The van der Waals surface area contributed by atoms with Crippen molar-refractivity contribution in [3.63, 3.8) is 0 Å². The third kappa shape index (κ3) is 7.73. The number of ether oxygens (including phenoxy) is 2. The van der Waals surface area contributed by atoms with E-state index in [0.717, 1.165) is 0 Å². The summed E-state index contributed by atoms with van der Waals surface area (Å²) in [4.78, 5) is 32.6. The van der Waals surface area contributed by atoms with Gasteiger partial charge in [-0.15, -0.1) is 0 Å². The monoisotopic (exact) mass is 433 g/mol. The summed E-state index contributed by atoms with van der Waals surface area (Å²) < 4.78 is 32.2. The third-order valence-corrected chi connectivity index (χ3v) is 5.13. The molecule has 0 aromatic heterocycles. The number of carboxylic acid groups (broad SMARTS) is 1. The van der Waals surface area contributed by atoms with E-state index in [1.165, 1.54) is 6.07 Å². The Bertz CT molecular complexity index is 757. The molecule has 0 amide bonds. The fraction of sp³-hybridized carbons (Fsp3) is 0.529. The van der Waals surface area contributed by atoms with Crippen molar-refractivity contribution in [3.8, 4) is 5.75 Å². The van der Waals surface area contributed by atoms with Crippen molar-refractivity contribution in [2.75, 3.05) is 19.8 Å². The Balaban J connectivity index is 1.88. The summed E-state index contributed by atoms with van der Waals surface area (Å²) in [7, 11) is -4.63. The molecule has 0 radical (unpaired) electrons. The smallest absolute Gasteiger partial charge is 0.472 e. The third-order valence-electron chi connectivity index (χ3n) is 4.12. The first-order valence-corrected chi connectivity index (χ1v) is 10.4. The lowest BCUT2D eigenvalue weighted by atomic mass is 10.1. The van der Waals surface area contributed by atoms with Gasteiger partial charge in [0.05, 0.1) is 13.2 Å². The minimum Gasteiger partial charge on any atom is -0.508 e. The molecular weight excluding hydrogens is 409 g/mol. The van der Waals surface area contributed by atoms with E-state index in [2.05, 4.69) is 4.52 Å². The van der Waals surface area contributed by atoms with Gasteiger partial charge in [0.1, 0.15) is 17.9 Å². The van der Waals surface area contributed by atoms with Crippen molar-refractivity contribution in [3.05, 3.63) is 29.8 Å². The quantitative estimate of drug-likeness (QED) is 0.300. The van der Waals surface area contributed by atoms with Crippen molar-refractivity contribution < 1.29 is 47.8 Å². The molecule has 11 nitrogen and oxygen atoms in total. The number of hydrogen-bond donors (Lipinski definition) is 4. The van der Waals surface area contributed by atoms with Crippen molar-refractivity contribution in [1.29, 1.82) is 0 Å². The molecule has 1 heterocycles. The van der Waals surface area contributed by atoms with Crippen LogP contribution in [0, 0.1) is 0 Å². The number of phosphoric acid groups is 1. The molecule has 1 saturated heterocycles. The molecule has 0 spiro atoms. The highest BCUT2D eigenvalue weighted by molar-refractivity contribution is 7.47. The Kier molecular flexibility index (Phi) is 8.57. The molecule has 4 atom stereocenters. The Morgan fingerprint density at radius 2 is 2.03 bits per heavy atom. The SMILES string of the molecule is N[C@@H](COP(=O)(O)O[C@H]1CCOC[C@@H]1OC(=O)CCc1ccccc1O)C(=O)O. The largest absolute Gasteiger partial charge is 0.508 e. The summed E-state index contributed by atoms with van der Waals surface area (Å²) in [5.41, 5.74) is 5.81. The van der Waals surface area contributed by atoms with Crippen LogP contribution in [0.1, 0.15) is 18.4 Å². The number of benzene rings is 1. The summed E-state index contributed by atoms with van der Waals surface area (Å²) >= 11 is 0. The second-order valence-electron chi connectivity index (χ2n) is 6.37. The maximum Gasteiger partial charge on any atom is 0.472 e. The Morgan fingerprint density at radius 1 is 1.31 bits per heavy atom. The molecule has 162 valence electrons. The van der Waals surface area contributed by atoms with Crippen molar-refractivity contribution in [2.45, 2.75) is 37.5 Å². The molecule has 0 saturated carbocycles. The van der Waals surface area contributed by atoms with Gasteiger partial charge in [0, 0.05) is 19.4 Å². The normalized spacial score (nSPS) is 22.4. The molecule has 1 aliphatic rings. The molecule has 29 heavy (non-hydrogen) atoms. The van der Waals surface area contributed by atoms with Gasteiger partial charge in [-0.3, -0.25) is 18.6 Å². The number of nitrogens with two attached hydrogens (primary N) is 1. The summed E-state index contributed by atoms with van der Waals surface area (Å²) in [6.07, 6.45) is -1.54. The number of aryl methyl sites for hydroxylation is 1. The van der Waals surface area contributed by atoms with E-state index in [1.807, 2.05) is 0 Å². The standard InChI is InChI=1S/C17H24NO10P/c18-12(17(21)22)9-26-29(23,24)28-14-7-8-25-10-15(14)27-16(20)6-5-11-3-1-2-4-13(11)19/h1-4,12,14-15,19H,5-10,18H2,(H,21,22)(H,23,24)/t12-,14-,15-/m0/s1. The van der Waals surface area contributed by atoms with E-state index in [9.17, 15) is 24.2 Å². The first-order valence-electron chi connectivity index (χ1n) is 8.86. The molecule has 1 unspecified atom stereocenters. The van der Waals surface area contributed by atoms with Gasteiger partial charge < -0.3 is 30.3 Å². The predicted molar refractivity (Wildman–Crippen MR) is 98.0 cm³/mol. The Labute approximate surface area is 166 Å². The number of aliphatic carboxylic acids is 1. The molecule has 1 aromatic rings. The van der Waals surface area contributed by atoms with E-state index in [-0.39, 0.29) is 38.2 Å². The maximum absolute atomic E-state index is 12.1. The zero-order valence-corrected chi connectivity index (χ0v) is 16.4. The molecule has 0 aliphatic carbocycles. The number of phenols is 1. The van der Waals surface area contributed by atoms with Crippen LogP contribution in [0.3, 0.4) is 0 Å². The van der Waals surface area contributed by atoms with Crippen LogP contribution in [0.25, 0.3) is 0 Å². The Morgan fingerprint density at radius 3 is 2.72 bits per heavy atom. The number of carbonyl (C=O) groups excluding carboxylic acids is 1. The first kappa shape index (κ1) is 23.3. The number of phenolic OH excluding ortho intramolecular Hbond substituents is 1. The number of aromatic hydroxyl groups is 1. The van der Waals surface area contributed by atoms with Crippen molar-refractivity contribution >= 4 is 19.8 Å².